The molecule has 1 aliphatic heterocycles. The minimum Gasteiger partial charge on any atom is -0.384 e. The maximum absolute atomic E-state index is 5.18. The molecule has 15 heavy (non-hydrogen) atoms. The molecule has 0 radical (unpaired) electrons. The van der Waals surface area contributed by atoms with Gasteiger partial charge in [-0.05, 0) is 25.8 Å². The van der Waals surface area contributed by atoms with Crippen molar-refractivity contribution in [3.8, 4) is 0 Å². The molecule has 2 rings (SSSR count). The molecule has 0 aliphatic carbocycles. The van der Waals surface area contributed by atoms with Crippen LogP contribution in [0.3, 0.4) is 0 Å². The van der Waals surface area contributed by atoms with Gasteiger partial charge in [0.25, 0.3) is 0 Å². The number of hydrogen-bond donors (Lipinski definition) is 1. The lowest BCUT2D eigenvalue weighted by atomic mass is 10.1. The van der Waals surface area contributed by atoms with E-state index < -0.39 is 0 Å². The van der Waals surface area contributed by atoms with Gasteiger partial charge in [0.1, 0.15) is 0 Å². The summed E-state index contributed by atoms with van der Waals surface area (Å²) in [7, 11) is 1.78. The summed E-state index contributed by atoms with van der Waals surface area (Å²) in [6, 6.07) is 0. The number of methoxy groups -OCH3 is 1. The third kappa shape index (κ3) is 2.58. The number of hydrogen-bond acceptors (Lipinski definition) is 3. The van der Waals surface area contributed by atoms with E-state index in [0.29, 0.717) is 5.92 Å². The zero-order valence-electron chi connectivity index (χ0n) is 9.49. The fraction of sp³-hybridized carbons (Fsp3) is 0.727. The SMILES string of the molecule is COC[C@@H]1CCN(Cc2nc[nH]c2C)C1. The predicted octanol–water partition coefficient (Wildman–Crippen LogP) is 1.19. The summed E-state index contributed by atoms with van der Waals surface area (Å²) in [4.78, 5) is 9.89. The Kier molecular flexibility index (Phi) is 3.38. The molecule has 0 saturated carbocycles. The molecule has 0 unspecified atom stereocenters. The van der Waals surface area contributed by atoms with Gasteiger partial charge in [0.05, 0.1) is 18.6 Å². The highest BCUT2D eigenvalue weighted by atomic mass is 16.5. The van der Waals surface area contributed by atoms with E-state index in [0.717, 1.165) is 19.7 Å². The van der Waals surface area contributed by atoms with Crippen molar-refractivity contribution in [2.75, 3.05) is 26.8 Å². The lowest BCUT2D eigenvalue weighted by Gasteiger charge is -2.14. The molecule has 1 N–H and O–H groups in total. The van der Waals surface area contributed by atoms with Crippen LogP contribution in [0.4, 0.5) is 0 Å². The monoisotopic (exact) mass is 209 g/mol. The summed E-state index contributed by atoms with van der Waals surface area (Å²) in [5.41, 5.74) is 2.36. The predicted molar refractivity (Wildman–Crippen MR) is 58.6 cm³/mol. The van der Waals surface area contributed by atoms with Gasteiger partial charge in [0, 0.05) is 25.9 Å². The van der Waals surface area contributed by atoms with Gasteiger partial charge in [-0.3, -0.25) is 4.90 Å². The first-order valence-corrected chi connectivity index (χ1v) is 5.49. The lowest BCUT2D eigenvalue weighted by molar-refractivity contribution is 0.152. The average molecular weight is 209 g/mol. The molecule has 0 aromatic carbocycles. The van der Waals surface area contributed by atoms with E-state index in [1.807, 2.05) is 0 Å². The molecule has 0 bridgehead atoms. The Balaban J connectivity index is 1.85. The van der Waals surface area contributed by atoms with Crippen molar-refractivity contribution >= 4 is 0 Å². The summed E-state index contributed by atoms with van der Waals surface area (Å²) in [5, 5.41) is 0. The van der Waals surface area contributed by atoms with E-state index in [9.17, 15) is 0 Å². The lowest BCUT2D eigenvalue weighted by Crippen LogP contribution is -2.21. The Hall–Kier alpha value is -0.870. The maximum atomic E-state index is 5.18. The normalized spacial score (nSPS) is 22.4. The second-order valence-electron chi connectivity index (χ2n) is 4.32. The fourth-order valence-electron chi connectivity index (χ4n) is 2.19. The summed E-state index contributed by atoms with van der Waals surface area (Å²) >= 11 is 0. The molecule has 2 heterocycles. The highest BCUT2D eigenvalue weighted by Crippen LogP contribution is 2.18. The number of H-pyrrole nitrogens is 1. The van der Waals surface area contributed by atoms with E-state index in [-0.39, 0.29) is 0 Å². The number of ether oxygens (including phenoxy) is 1. The van der Waals surface area contributed by atoms with E-state index in [4.69, 9.17) is 4.74 Å². The van der Waals surface area contributed by atoms with Gasteiger partial charge in [-0.25, -0.2) is 4.98 Å². The number of nitrogens with zero attached hydrogens (tertiary/aromatic N) is 2. The third-order valence-electron chi connectivity index (χ3n) is 3.08. The molecule has 4 heteroatoms. The fourth-order valence-corrected chi connectivity index (χ4v) is 2.19. The molecular formula is C11H19N3O. The van der Waals surface area contributed by atoms with Crippen LogP contribution in [0.1, 0.15) is 17.8 Å². The Bertz CT molecular complexity index is 311. The van der Waals surface area contributed by atoms with Gasteiger partial charge in [0.2, 0.25) is 0 Å². The second kappa shape index (κ2) is 4.77. The molecule has 1 aromatic rings. The zero-order valence-corrected chi connectivity index (χ0v) is 9.49. The average Bonchev–Trinajstić information content (AvgIpc) is 2.79. The molecular weight excluding hydrogens is 190 g/mol. The smallest absolute Gasteiger partial charge is 0.0925 e. The number of likely N-dealkylation sites (tertiary alicyclic amines) is 1. The molecule has 1 aromatic heterocycles. The topological polar surface area (TPSA) is 41.1 Å². The standard InChI is InChI=1S/C11H19N3O/c1-9-11(13-8-12-9)6-14-4-3-10(5-14)7-15-2/h8,10H,3-7H2,1-2H3,(H,12,13)/t10-/m1/s1. The number of aromatic nitrogens is 2. The minimum absolute atomic E-state index is 0.703. The molecule has 1 atom stereocenters. The van der Waals surface area contributed by atoms with Crippen molar-refractivity contribution in [1.82, 2.24) is 14.9 Å². The Labute approximate surface area is 90.6 Å². The third-order valence-corrected chi connectivity index (χ3v) is 3.08. The highest BCUT2D eigenvalue weighted by Gasteiger charge is 2.22. The van der Waals surface area contributed by atoms with Crippen LogP contribution in [0.5, 0.6) is 0 Å². The molecule has 84 valence electrons. The van der Waals surface area contributed by atoms with Crippen molar-refractivity contribution < 1.29 is 4.74 Å². The van der Waals surface area contributed by atoms with Crippen LogP contribution in [0.2, 0.25) is 0 Å². The van der Waals surface area contributed by atoms with Gasteiger partial charge in [-0.2, -0.15) is 0 Å². The van der Waals surface area contributed by atoms with E-state index in [2.05, 4.69) is 21.8 Å². The minimum atomic E-state index is 0.703. The molecule has 1 fully saturated rings. The van der Waals surface area contributed by atoms with Crippen LogP contribution in [-0.4, -0.2) is 41.7 Å². The number of imidazole rings is 1. The summed E-state index contributed by atoms with van der Waals surface area (Å²) in [6.45, 7) is 6.23. The first-order chi connectivity index (χ1) is 7.29. The maximum Gasteiger partial charge on any atom is 0.0925 e. The highest BCUT2D eigenvalue weighted by molar-refractivity contribution is 5.08. The Morgan fingerprint density at radius 3 is 3.20 bits per heavy atom. The zero-order chi connectivity index (χ0) is 10.7. The largest absolute Gasteiger partial charge is 0.384 e. The van der Waals surface area contributed by atoms with Gasteiger partial charge in [-0.15, -0.1) is 0 Å². The summed E-state index contributed by atoms with van der Waals surface area (Å²) in [6.07, 6.45) is 3.02. The van der Waals surface area contributed by atoms with Gasteiger partial charge >= 0.3 is 0 Å². The van der Waals surface area contributed by atoms with Crippen molar-refractivity contribution in [1.29, 1.82) is 0 Å². The second-order valence-corrected chi connectivity index (χ2v) is 4.32. The molecule has 4 nitrogen and oxygen atoms in total. The van der Waals surface area contributed by atoms with E-state index in [1.165, 1.54) is 24.4 Å². The first kappa shape index (κ1) is 10.6. The summed E-state index contributed by atoms with van der Waals surface area (Å²) < 4.78 is 5.18. The quantitative estimate of drug-likeness (QED) is 0.809. The Morgan fingerprint density at radius 2 is 2.53 bits per heavy atom. The number of aryl methyl sites for hydroxylation is 1. The molecule has 0 amide bonds. The number of aromatic amines is 1. The van der Waals surface area contributed by atoms with Gasteiger partial charge in [-0.1, -0.05) is 0 Å². The van der Waals surface area contributed by atoms with E-state index in [1.54, 1.807) is 13.4 Å². The van der Waals surface area contributed by atoms with Crippen molar-refractivity contribution in [3.63, 3.8) is 0 Å². The van der Waals surface area contributed by atoms with Crippen molar-refractivity contribution in [2.45, 2.75) is 19.9 Å². The van der Waals surface area contributed by atoms with Crippen LogP contribution >= 0.6 is 0 Å². The van der Waals surface area contributed by atoms with Crippen LogP contribution in [0, 0.1) is 12.8 Å². The van der Waals surface area contributed by atoms with Gasteiger partial charge in [0.15, 0.2) is 0 Å². The van der Waals surface area contributed by atoms with Crippen LogP contribution < -0.4 is 0 Å². The van der Waals surface area contributed by atoms with Crippen molar-refractivity contribution in [2.24, 2.45) is 5.92 Å². The van der Waals surface area contributed by atoms with Crippen LogP contribution in [0.25, 0.3) is 0 Å². The van der Waals surface area contributed by atoms with Crippen LogP contribution in [0.15, 0.2) is 6.33 Å². The number of rotatable bonds is 4. The molecule has 0 spiro atoms. The van der Waals surface area contributed by atoms with E-state index >= 15 is 0 Å². The van der Waals surface area contributed by atoms with Crippen molar-refractivity contribution in [3.05, 3.63) is 17.7 Å². The summed E-state index contributed by atoms with van der Waals surface area (Å²) in [5.74, 6) is 0.703. The first-order valence-electron chi connectivity index (χ1n) is 5.49. The Morgan fingerprint density at radius 1 is 1.67 bits per heavy atom. The molecule has 1 saturated heterocycles. The number of nitrogens with one attached hydrogen (secondary N) is 1. The van der Waals surface area contributed by atoms with Gasteiger partial charge < -0.3 is 9.72 Å². The van der Waals surface area contributed by atoms with Crippen LogP contribution in [-0.2, 0) is 11.3 Å². The molecule has 1 aliphatic rings.